The van der Waals surface area contributed by atoms with Gasteiger partial charge in [-0.15, -0.1) is 0 Å². The van der Waals surface area contributed by atoms with E-state index < -0.39 is 0 Å². The minimum absolute atomic E-state index is 0.470. The Labute approximate surface area is 187 Å². The molecule has 0 aliphatic heterocycles. The van der Waals surface area contributed by atoms with Crippen LogP contribution in [0.4, 0.5) is 17.3 Å². The quantitative estimate of drug-likeness (QED) is 0.274. The summed E-state index contributed by atoms with van der Waals surface area (Å²) in [5.41, 5.74) is 2.47. The van der Waals surface area contributed by atoms with Crippen molar-refractivity contribution in [2.45, 2.75) is 19.8 Å². The van der Waals surface area contributed by atoms with Crippen molar-refractivity contribution in [2.24, 2.45) is 0 Å². The lowest BCUT2D eigenvalue weighted by Gasteiger charge is -2.25. The lowest BCUT2D eigenvalue weighted by Crippen LogP contribution is -2.13. The minimum atomic E-state index is 0.470. The van der Waals surface area contributed by atoms with Crippen molar-refractivity contribution in [3.05, 3.63) is 103 Å². The summed E-state index contributed by atoms with van der Waals surface area (Å²) >= 11 is 0. The Morgan fingerprint density at radius 3 is 1.75 bits per heavy atom. The first-order valence-electron chi connectivity index (χ1n) is 11.0. The topological polar surface area (TPSA) is 29.0 Å². The minimum Gasteiger partial charge on any atom is -0.278 e. The maximum absolute atomic E-state index is 4.66. The molecule has 0 atom stereocenters. The molecule has 3 heteroatoms. The Morgan fingerprint density at radius 2 is 1.16 bits per heavy atom. The van der Waals surface area contributed by atoms with Gasteiger partial charge in [-0.25, -0.2) is 9.97 Å². The number of nitrogens with zero attached hydrogens (tertiary/aromatic N) is 3. The third-order valence-electron chi connectivity index (χ3n) is 6.29. The van der Waals surface area contributed by atoms with Gasteiger partial charge in [-0.2, -0.15) is 0 Å². The van der Waals surface area contributed by atoms with E-state index >= 15 is 0 Å². The van der Waals surface area contributed by atoms with Gasteiger partial charge < -0.3 is 0 Å². The van der Waals surface area contributed by atoms with E-state index in [9.17, 15) is 0 Å². The van der Waals surface area contributed by atoms with Crippen LogP contribution in [0.2, 0.25) is 0 Å². The summed E-state index contributed by atoms with van der Waals surface area (Å²) in [4.78, 5) is 11.5. The van der Waals surface area contributed by atoms with Gasteiger partial charge in [-0.05, 0) is 68.7 Å². The fraction of sp³-hybridized carbons (Fsp3) is 0.103. The molecule has 2 heterocycles. The van der Waals surface area contributed by atoms with E-state index in [1.165, 1.54) is 37.9 Å². The van der Waals surface area contributed by atoms with Crippen molar-refractivity contribution in [3.8, 4) is 0 Å². The predicted molar refractivity (Wildman–Crippen MR) is 135 cm³/mol. The van der Waals surface area contributed by atoms with Crippen molar-refractivity contribution in [1.82, 2.24) is 9.97 Å². The van der Waals surface area contributed by atoms with Crippen molar-refractivity contribution in [2.75, 3.05) is 4.90 Å². The van der Waals surface area contributed by atoms with Crippen LogP contribution in [0.5, 0.6) is 0 Å². The Morgan fingerprint density at radius 1 is 0.594 bits per heavy atom. The maximum atomic E-state index is 4.66. The highest BCUT2D eigenvalue weighted by molar-refractivity contribution is 6.26. The fourth-order valence-electron chi connectivity index (χ4n) is 4.84. The third kappa shape index (κ3) is 2.82. The van der Waals surface area contributed by atoms with Crippen molar-refractivity contribution in [1.29, 1.82) is 0 Å². The van der Waals surface area contributed by atoms with E-state index in [4.69, 9.17) is 0 Å². The maximum Gasteiger partial charge on any atom is 0.138 e. The number of anilines is 3. The number of benzene rings is 4. The first-order valence-corrected chi connectivity index (χ1v) is 11.0. The highest BCUT2D eigenvalue weighted by Gasteiger charge is 2.20. The molecule has 3 nitrogen and oxygen atoms in total. The molecular formula is C29H23N3. The van der Waals surface area contributed by atoms with Gasteiger partial charge in [-0.3, -0.25) is 4.90 Å². The van der Waals surface area contributed by atoms with E-state index in [0.29, 0.717) is 5.92 Å². The summed E-state index contributed by atoms with van der Waals surface area (Å²) in [5.74, 6) is 2.17. The Hall–Kier alpha value is -3.98. The molecule has 2 aromatic heterocycles. The SMILES string of the molecule is CC(C)c1ccc2ccc3c(N(c4ccccn4)c4ccccn4)ccc4ccc1c2c43. The number of hydrogen-bond acceptors (Lipinski definition) is 3. The largest absolute Gasteiger partial charge is 0.278 e. The van der Waals surface area contributed by atoms with Crippen LogP contribution in [0.3, 0.4) is 0 Å². The van der Waals surface area contributed by atoms with Crippen LogP contribution in [0.15, 0.2) is 97.3 Å². The summed E-state index contributed by atoms with van der Waals surface area (Å²) in [6, 6.07) is 30.0. The lowest BCUT2D eigenvalue weighted by molar-refractivity contribution is 0.877. The van der Waals surface area contributed by atoms with Crippen LogP contribution in [-0.2, 0) is 0 Å². The van der Waals surface area contributed by atoms with Gasteiger partial charge in [0.25, 0.3) is 0 Å². The molecule has 0 bridgehead atoms. The van der Waals surface area contributed by atoms with Crippen LogP contribution in [0, 0.1) is 0 Å². The highest BCUT2D eigenvalue weighted by Crippen LogP contribution is 2.43. The summed E-state index contributed by atoms with van der Waals surface area (Å²) in [6.07, 6.45) is 3.66. The lowest BCUT2D eigenvalue weighted by atomic mass is 9.88. The predicted octanol–water partition coefficient (Wildman–Crippen LogP) is 7.97. The zero-order valence-electron chi connectivity index (χ0n) is 18.2. The van der Waals surface area contributed by atoms with E-state index in [1.54, 1.807) is 0 Å². The summed E-state index contributed by atoms with van der Waals surface area (Å²) in [6.45, 7) is 4.53. The van der Waals surface area contributed by atoms with Crippen LogP contribution in [-0.4, -0.2) is 9.97 Å². The average molecular weight is 414 g/mol. The van der Waals surface area contributed by atoms with Gasteiger partial charge in [0.15, 0.2) is 0 Å². The van der Waals surface area contributed by atoms with E-state index in [1.807, 2.05) is 48.8 Å². The first-order chi connectivity index (χ1) is 15.7. The van der Waals surface area contributed by atoms with E-state index in [2.05, 4.69) is 77.2 Å². The van der Waals surface area contributed by atoms with E-state index in [-0.39, 0.29) is 0 Å². The second-order valence-electron chi connectivity index (χ2n) is 8.53. The molecule has 0 aliphatic carbocycles. The molecule has 32 heavy (non-hydrogen) atoms. The molecule has 0 amide bonds. The van der Waals surface area contributed by atoms with Gasteiger partial charge >= 0.3 is 0 Å². The monoisotopic (exact) mass is 413 g/mol. The van der Waals surface area contributed by atoms with Gasteiger partial charge in [-0.1, -0.05) is 68.4 Å². The Kier molecular flexibility index (Phi) is 4.29. The van der Waals surface area contributed by atoms with Gasteiger partial charge in [0.05, 0.1) is 5.69 Å². The molecular weight excluding hydrogens is 390 g/mol. The van der Waals surface area contributed by atoms with Gasteiger partial charge in [0.1, 0.15) is 11.6 Å². The highest BCUT2D eigenvalue weighted by atomic mass is 15.2. The van der Waals surface area contributed by atoms with Crippen molar-refractivity contribution < 1.29 is 0 Å². The summed E-state index contributed by atoms with van der Waals surface area (Å²) in [7, 11) is 0. The van der Waals surface area contributed by atoms with Crippen LogP contribution >= 0.6 is 0 Å². The molecule has 154 valence electrons. The Balaban J connectivity index is 1.72. The first kappa shape index (κ1) is 18.8. The molecule has 0 unspecified atom stereocenters. The molecule has 6 aromatic rings. The molecule has 0 saturated carbocycles. The molecule has 0 saturated heterocycles. The van der Waals surface area contributed by atoms with Gasteiger partial charge in [0, 0.05) is 17.8 Å². The second-order valence-corrected chi connectivity index (χ2v) is 8.53. The van der Waals surface area contributed by atoms with Crippen molar-refractivity contribution in [3.63, 3.8) is 0 Å². The molecule has 6 rings (SSSR count). The average Bonchev–Trinajstić information content (AvgIpc) is 2.84. The molecule has 0 fully saturated rings. The van der Waals surface area contributed by atoms with Crippen LogP contribution in [0.1, 0.15) is 25.3 Å². The fourth-order valence-corrected chi connectivity index (χ4v) is 4.84. The standard InChI is InChI=1S/C29H23N3/c1-19(2)22-13-9-20-11-15-24-25(16-12-21-10-14-23(22)28(20)29(21)24)32(26-7-3-5-17-30-26)27-8-4-6-18-31-27/h3-19H,1-2H3. The Bertz CT molecular complexity index is 1500. The normalized spacial score (nSPS) is 11.7. The smallest absolute Gasteiger partial charge is 0.138 e. The number of pyridine rings is 2. The third-order valence-corrected chi connectivity index (χ3v) is 6.29. The van der Waals surface area contributed by atoms with E-state index in [0.717, 1.165) is 17.3 Å². The zero-order valence-corrected chi connectivity index (χ0v) is 18.2. The van der Waals surface area contributed by atoms with Crippen LogP contribution < -0.4 is 4.90 Å². The second kappa shape index (κ2) is 7.31. The molecule has 0 N–H and O–H groups in total. The van der Waals surface area contributed by atoms with Crippen molar-refractivity contribution >= 4 is 49.6 Å². The number of rotatable bonds is 4. The molecule has 0 radical (unpaired) electrons. The number of hydrogen-bond donors (Lipinski definition) is 0. The molecule has 4 aromatic carbocycles. The summed E-state index contributed by atoms with van der Waals surface area (Å²) in [5, 5.41) is 7.73. The van der Waals surface area contributed by atoms with Crippen LogP contribution in [0.25, 0.3) is 32.3 Å². The molecule has 0 aliphatic rings. The summed E-state index contributed by atoms with van der Waals surface area (Å²) < 4.78 is 0. The van der Waals surface area contributed by atoms with Gasteiger partial charge in [0.2, 0.25) is 0 Å². The number of aromatic nitrogens is 2. The molecule has 0 spiro atoms. The zero-order chi connectivity index (χ0) is 21.7.